The van der Waals surface area contributed by atoms with Gasteiger partial charge in [0.2, 0.25) is 0 Å². The first-order valence-corrected chi connectivity index (χ1v) is 6.51. The molecule has 1 aromatic carbocycles. The van der Waals surface area contributed by atoms with Gasteiger partial charge in [0.15, 0.2) is 5.78 Å². The van der Waals surface area contributed by atoms with Crippen LogP contribution < -0.4 is 0 Å². The molecule has 1 aromatic rings. The number of allylic oxidation sites excluding steroid dienone is 4. The van der Waals surface area contributed by atoms with Crippen LogP contribution in [0.4, 0.5) is 0 Å². The molecule has 94 valence electrons. The molecule has 0 bridgehead atoms. The van der Waals surface area contributed by atoms with Crippen LogP contribution in [0.3, 0.4) is 0 Å². The highest BCUT2D eigenvalue weighted by Crippen LogP contribution is 2.34. The van der Waals surface area contributed by atoms with E-state index in [1.807, 2.05) is 12.1 Å². The van der Waals surface area contributed by atoms with E-state index < -0.39 is 0 Å². The predicted molar refractivity (Wildman–Crippen MR) is 76.1 cm³/mol. The van der Waals surface area contributed by atoms with E-state index >= 15 is 0 Å². The number of Topliss-reactive ketones (excluding diaryl/α,β-unsaturated/α-hetero) is 1. The van der Waals surface area contributed by atoms with Crippen molar-refractivity contribution in [1.82, 2.24) is 0 Å². The number of benzene rings is 1. The summed E-state index contributed by atoms with van der Waals surface area (Å²) in [4.78, 5) is 12.2. The fourth-order valence-electron chi connectivity index (χ4n) is 2.34. The number of carbonyl (C=O) groups excluding carboxylic acids is 1. The van der Waals surface area contributed by atoms with Gasteiger partial charge in [0.1, 0.15) is 0 Å². The van der Waals surface area contributed by atoms with Gasteiger partial charge in [0.05, 0.1) is 5.02 Å². The van der Waals surface area contributed by atoms with E-state index in [1.165, 1.54) is 22.3 Å². The van der Waals surface area contributed by atoms with Crippen molar-refractivity contribution in [3.63, 3.8) is 0 Å². The lowest BCUT2D eigenvalue weighted by molar-refractivity contribution is 0.0992. The van der Waals surface area contributed by atoms with E-state index in [1.54, 1.807) is 12.1 Å². The summed E-state index contributed by atoms with van der Waals surface area (Å²) in [6.45, 7) is 6.35. The van der Waals surface area contributed by atoms with Crippen molar-refractivity contribution in [2.75, 3.05) is 0 Å². The van der Waals surface area contributed by atoms with Crippen molar-refractivity contribution in [2.24, 2.45) is 0 Å². The zero-order valence-electron chi connectivity index (χ0n) is 11.0. The van der Waals surface area contributed by atoms with Gasteiger partial charge in [0, 0.05) is 12.0 Å². The summed E-state index contributed by atoms with van der Waals surface area (Å²) in [7, 11) is 0. The van der Waals surface area contributed by atoms with Crippen LogP contribution in [0.25, 0.3) is 0 Å². The summed E-state index contributed by atoms with van der Waals surface area (Å²) in [5.41, 5.74) is 5.83. The first-order valence-electron chi connectivity index (χ1n) is 6.13. The summed E-state index contributed by atoms with van der Waals surface area (Å²) in [6, 6.07) is 7.25. The Bertz CT molecular complexity index is 564. The standard InChI is InChI=1S/C16H17ClO/c1-10-8-13(12(3)11(10)2)9-16(18)14-6-4-5-7-15(14)17/h4-7H,8-9H2,1-3H3. The number of hydrogen-bond donors (Lipinski definition) is 0. The van der Waals surface area contributed by atoms with E-state index in [0.29, 0.717) is 17.0 Å². The smallest absolute Gasteiger partial charge is 0.168 e. The van der Waals surface area contributed by atoms with Gasteiger partial charge in [-0.2, -0.15) is 0 Å². The molecule has 0 atom stereocenters. The highest BCUT2D eigenvalue weighted by atomic mass is 35.5. The summed E-state index contributed by atoms with van der Waals surface area (Å²) < 4.78 is 0. The molecule has 0 spiro atoms. The largest absolute Gasteiger partial charge is 0.294 e. The molecule has 0 fully saturated rings. The quantitative estimate of drug-likeness (QED) is 0.702. The molecule has 0 aliphatic heterocycles. The van der Waals surface area contributed by atoms with Gasteiger partial charge in [-0.25, -0.2) is 0 Å². The molecule has 0 saturated heterocycles. The predicted octanol–water partition coefficient (Wildman–Crippen LogP) is 4.97. The normalized spacial score (nSPS) is 15.6. The first-order chi connectivity index (χ1) is 8.50. The second-order valence-corrected chi connectivity index (χ2v) is 5.30. The Balaban J connectivity index is 2.18. The van der Waals surface area contributed by atoms with Crippen LogP contribution in [0, 0.1) is 0 Å². The number of carbonyl (C=O) groups is 1. The third-order valence-corrected chi connectivity index (χ3v) is 4.09. The zero-order chi connectivity index (χ0) is 13.3. The molecule has 1 aliphatic carbocycles. The molecular weight excluding hydrogens is 244 g/mol. The van der Waals surface area contributed by atoms with Crippen molar-refractivity contribution < 1.29 is 4.79 Å². The van der Waals surface area contributed by atoms with Crippen molar-refractivity contribution in [2.45, 2.75) is 33.6 Å². The summed E-state index contributed by atoms with van der Waals surface area (Å²) >= 11 is 6.05. The van der Waals surface area contributed by atoms with Gasteiger partial charge in [0.25, 0.3) is 0 Å². The van der Waals surface area contributed by atoms with Crippen LogP contribution in [0.1, 0.15) is 44.0 Å². The molecule has 0 saturated carbocycles. The van der Waals surface area contributed by atoms with Crippen molar-refractivity contribution >= 4 is 17.4 Å². The maximum Gasteiger partial charge on any atom is 0.168 e. The van der Waals surface area contributed by atoms with Crippen LogP contribution in [0.2, 0.25) is 5.02 Å². The lowest BCUT2D eigenvalue weighted by Crippen LogP contribution is -2.02. The first kappa shape index (κ1) is 13.1. The van der Waals surface area contributed by atoms with E-state index in [0.717, 1.165) is 6.42 Å². The third kappa shape index (κ3) is 2.41. The molecule has 0 aromatic heterocycles. The van der Waals surface area contributed by atoms with Crippen molar-refractivity contribution in [3.8, 4) is 0 Å². The molecule has 0 heterocycles. The van der Waals surface area contributed by atoms with E-state index in [4.69, 9.17) is 11.6 Å². The third-order valence-electron chi connectivity index (χ3n) is 3.76. The van der Waals surface area contributed by atoms with Gasteiger partial charge in [-0.05, 0) is 50.5 Å². The van der Waals surface area contributed by atoms with Gasteiger partial charge < -0.3 is 0 Å². The summed E-state index contributed by atoms with van der Waals surface area (Å²) in [5, 5.41) is 0.542. The second kappa shape index (κ2) is 5.11. The maximum atomic E-state index is 12.2. The van der Waals surface area contributed by atoms with Gasteiger partial charge in [-0.1, -0.05) is 34.9 Å². The minimum Gasteiger partial charge on any atom is -0.294 e. The highest BCUT2D eigenvalue weighted by molar-refractivity contribution is 6.34. The van der Waals surface area contributed by atoms with E-state index in [9.17, 15) is 4.79 Å². The molecule has 0 amide bonds. The fraction of sp³-hybridized carbons (Fsp3) is 0.312. The topological polar surface area (TPSA) is 17.1 Å². The molecular formula is C16H17ClO. The Hall–Kier alpha value is -1.34. The molecule has 2 rings (SSSR count). The molecule has 1 nitrogen and oxygen atoms in total. The monoisotopic (exact) mass is 260 g/mol. The number of hydrogen-bond acceptors (Lipinski definition) is 1. The highest BCUT2D eigenvalue weighted by Gasteiger charge is 2.19. The van der Waals surface area contributed by atoms with Gasteiger partial charge in [-0.15, -0.1) is 0 Å². The maximum absolute atomic E-state index is 12.2. The Labute approximate surface area is 113 Å². The van der Waals surface area contributed by atoms with Crippen LogP contribution in [-0.4, -0.2) is 5.78 Å². The molecule has 0 radical (unpaired) electrons. The Morgan fingerprint density at radius 3 is 2.39 bits per heavy atom. The van der Waals surface area contributed by atoms with Gasteiger partial charge >= 0.3 is 0 Å². The second-order valence-electron chi connectivity index (χ2n) is 4.89. The Kier molecular flexibility index (Phi) is 3.72. The van der Waals surface area contributed by atoms with Crippen LogP contribution in [0.5, 0.6) is 0 Å². The minimum absolute atomic E-state index is 0.109. The van der Waals surface area contributed by atoms with Gasteiger partial charge in [-0.3, -0.25) is 4.79 Å². The number of rotatable bonds is 3. The molecule has 0 N–H and O–H groups in total. The molecule has 0 unspecified atom stereocenters. The lowest BCUT2D eigenvalue weighted by Gasteiger charge is -2.06. The summed E-state index contributed by atoms with van der Waals surface area (Å²) in [6.07, 6.45) is 1.40. The minimum atomic E-state index is 0.109. The lowest BCUT2D eigenvalue weighted by atomic mass is 9.99. The van der Waals surface area contributed by atoms with Crippen LogP contribution in [-0.2, 0) is 0 Å². The zero-order valence-corrected chi connectivity index (χ0v) is 11.8. The van der Waals surface area contributed by atoms with Crippen molar-refractivity contribution in [1.29, 1.82) is 0 Å². The van der Waals surface area contributed by atoms with Crippen LogP contribution in [0.15, 0.2) is 46.6 Å². The molecule has 18 heavy (non-hydrogen) atoms. The van der Waals surface area contributed by atoms with E-state index in [-0.39, 0.29) is 5.78 Å². The molecule has 2 heteroatoms. The Morgan fingerprint density at radius 1 is 1.17 bits per heavy atom. The van der Waals surface area contributed by atoms with Crippen molar-refractivity contribution in [3.05, 3.63) is 57.1 Å². The Morgan fingerprint density at radius 2 is 1.83 bits per heavy atom. The average molecular weight is 261 g/mol. The number of halogens is 1. The fourth-order valence-corrected chi connectivity index (χ4v) is 2.58. The molecule has 1 aliphatic rings. The van der Waals surface area contributed by atoms with Crippen LogP contribution >= 0.6 is 11.6 Å². The average Bonchev–Trinajstić information content (AvgIpc) is 2.57. The number of ketones is 1. The van der Waals surface area contributed by atoms with E-state index in [2.05, 4.69) is 20.8 Å². The summed E-state index contributed by atoms with van der Waals surface area (Å²) in [5.74, 6) is 0.109. The SMILES string of the molecule is CC1=C(C)C(C)=C(CC(=O)c2ccccc2Cl)C1.